The summed E-state index contributed by atoms with van der Waals surface area (Å²) < 4.78 is 12.9. The Morgan fingerprint density at radius 2 is 2.12 bits per heavy atom. The van der Waals surface area contributed by atoms with Crippen LogP contribution in [0.5, 0.6) is 5.75 Å². The normalized spacial score (nSPS) is 18.6. The number of morpholine rings is 1. The fourth-order valence-electron chi connectivity index (χ4n) is 2.62. The zero-order chi connectivity index (χ0) is 17.5. The predicted octanol–water partition coefficient (Wildman–Crippen LogP) is 3.06. The second-order valence-corrected chi connectivity index (χ2v) is 8.00. The number of hydrogen-bond donors (Lipinski definition) is 1. The summed E-state index contributed by atoms with van der Waals surface area (Å²) in [5.74, 6) is 1.11. The lowest BCUT2D eigenvalue weighted by Gasteiger charge is -2.33. The molecule has 1 atom stereocenters. The number of nitrogens with one attached hydrogen (secondary N) is 1. The lowest BCUT2D eigenvalue weighted by molar-refractivity contribution is -0.124. The van der Waals surface area contributed by atoms with E-state index in [-0.39, 0.29) is 18.6 Å². The van der Waals surface area contributed by atoms with E-state index in [0.29, 0.717) is 24.8 Å². The molecule has 24 heavy (non-hydrogen) atoms. The van der Waals surface area contributed by atoms with Crippen LogP contribution in [0.25, 0.3) is 0 Å². The SMILES string of the molecule is CC(C)CN1CCOC(CNC(=O)COc2c(Br)cccc2Br)C1. The molecule has 1 N–H and O–H groups in total. The van der Waals surface area contributed by atoms with E-state index >= 15 is 0 Å². The van der Waals surface area contributed by atoms with Crippen molar-refractivity contribution in [2.45, 2.75) is 20.0 Å². The van der Waals surface area contributed by atoms with Crippen molar-refractivity contribution < 1.29 is 14.3 Å². The second-order valence-electron chi connectivity index (χ2n) is 6.29. The van der Waals surface area contributed by atoms with Gasteiger partial charge in [0.2, 0.25) is 0 Å². The van der Waals surface area contributed by atoms with Crippen molar-refractivity contribution in [2.75, 3.05) is 39.4 Å². The van der Waals surface area contributed by atoms with E-state index in [9.17, 15) is 4.79 Å². The summed E-state index contributed by atoms with van der Waals surface area (Å²) in [6.45, 7) is 8.50. The van der Waals surface area contributed by atoms with Gasteiger partial charge >= 0.3 is 0 Å². The molecule has 0 radical (unpaired) electrons. The third kappa shape index (κ3) is 6.35. The Morgan fingerprint density at radius 3 is 2.79 bits per heavy atom. The molecule has 1 heterocycles. The quantitative estimate of drug-likeness (QED) is 0.675. The molecule has 2 rings (SSSR count). The summed E-state index contributed by atoms with van der Waals surface area (Å²) in [4.78, 5) is 14.4. The Morgan fingerprint density at radius 1 is 1.42 bits per heavy atom. The number of carbonyl (C=O) groups is 1. The summed E-state index contributed by atoms with van der Waals surface area (Å²) >= 11 is 6.83. The zero-order valence-corrected chi connectivity index (χ0v) is 17.2. The van der Waals surface area contributed by atoms with E-state index in [1.807, 2.05) is 18.2 Å². The van der Waals surface area contributed by atoms with Gasteiger partial charge in [-0.05, 0) is 49.9 Å². The maximum atomic E-state index is 12.0. The van der Waals surface area contributed by atoms with E-state index in [4.69, 9.17) is 9.47 Å². The second kappa shape index (κ2) is 9.75. The summed E-state index contributed by atoms with van der Waals surface area (Å²) in [6, 6.07) is 5.64. The van der Waals surface area contributed by atoms with Crippen molar-refractivity contribution in [2.24, 2.45) is 5.92 Å². The van der Waals surface area contributed by atoms with Gasteiger partial charge in [-0.25, -0.2) is 0 Å². The van der Waals surface area contributed by atoms with Crippen LogP contribution in [0.2, 0.25) is 0 Å². The van der Waals surface area contributed by atoms with Crippen molar-refractivity contribution >= 4 is 37.8 Å². The Balaban J connectivity index is 1.73. The first-order valence-electron chi connectivity index (χ1n) is 8.13. The Kier molecular flexibility index (Phi) is 8.00. The van der Waals surface area contributed by atoms with Crippen LogP contribution in [-0.2, 0) is 9.53 Å². The molecule has 0 spiro atoms. The maximum Gasteiger partial charge on any atom is 0.258 e. The number of amides is 1. The van der Waals surface area contributed by atoms with Gasteiger partial charge in [0.25, 0.3) is 5.91 Å². The van der Waals surface area contributed by atoms with Gasteiger partial charge in [-0.1, -0.05) is 19.9 Å². The van der Waals surface area contributed by atoms with Gasteiger partial charge in [0.15, 0.2) is 6.61 Å². The van der Waals surface area contributed by atoms with Gasteiger partial charge in [-0.3, -0.25) is 9.69 Å². The topological polar surface area (TPSA) is 50.8 Å². The maximum absolute atomic E-state index is 12.0. The highest BCUT2D eigenvalue weighted by molar-refractivity contribution is 9.11. The molecule has 7 heteroatoms. The van der Waals surface area contributed by atoms with Crippen molar-refractivity contribution in [3.05, 3.63) is 27.1 Å². The summed E-state index contributed by atoms with van der Waals surface area (Å²) in [7, 11) is 0. The number of halogens is 2. The lowest BCUT2D eigenvalue weighted by Crippen LogP contribution is -2.48. The molecular formula is C17H24Br2N2O3. The van der Waals surface area contributed by atoms with Crippen LogP contribution in [0, 0.1) is 5.92 Å². The molecular weight excluding hydrogens is 440 g/mol. The van der Waals surface area contributed by atoms with Gasteiger partial charge < -0.3 is 14.8 Å². The van der Waals surface area contributed by atoms with E-state index < -0.39 is 0 Å². The standard InChI is InChI=1S/C17H24Br2N2O3/c1-12(2)9-21-6-7-23-13(10-21)8-20-16(22)11-24-17-14(18)4-3-5-15(17)19/h3-5,12-13H,6-11H2,1-2H3,(H,20,22). The summed E-state index contributed by atoms with van der Waals surface area (Å²) in [5.41, 5.74) is 0. The fourth-order valence-corrected chi connectivity index (χ4v) is 3.85. The molecule has 0 bridgehead atoms. The number of nitrogens with zero attached hydrogens (tertiary/aromatic N) is 1. The molecule has 0 saturated carbocycles. The lowest BCUT2D eigenvalue weighted by atomic mass is 10.2. The third-order valence-electron chi connectivity index (χ3n) is 3.64. The monoisotopic (exact) mass is 462 g/mol. The van der Waals surface area contributed by atoms with Crippen LogP contribution in [0.4, 0.5) is 0 Å². The average Bonchev–Trinajstić information content (AvgIpc) is 2.52. The number of rotatable bonds is 7. The Bertz CT molecular complexity index is 534. The minimum Gasteiger partial charge on any atom is -0.481 e. The van der Waals surface area contributed by atoms with Gasteiger partial charge in [-0.15, -0.1) is 0 Å². The first kappa shape index (κ1) is 19.7. The van der Waals surface area contributed by atoms with Crippen molar-refractivity contribution in [1.29, 1.82) is 0 Å². The smallest absolute Gasteiger partial charge is 0.258 e. The number of hydrogen-bond acceptors (Lipinski definition) is 4. The predicted molar refractivity (Wildman–Crippen MR) is 101 cm³/mol. The fraction of sp³-hybridized carbons (Fsp3) is 0.588. The van der Waals surface area contributed by atoms with E-state index in [1.165, 1.54) is 0 Å². The molecule has 134 valence electrons. The highest BCUT2D eigenvalue weighted by Crippen LogP contribution is 2.32. The number of ether oxygens (including phenoxy) is 2. The molecule has 0 aromatic heterocycles. The molecule has 1 aliphatic rings. The van der Waals surface area contributed by atoms with Crippen molar-refractivity contribution in [1.82, 2.24) is 10.2 Å². The van der Waals surface area contributed by atoms with Crippen LogP contribution in [0.3, 0.4) is 0 Å². The molecule has 1 saturated heterocycles. The van der Waals surface area contributed by atoms with Crippen LogP contribution >= 0.6 is 31.9 Å². The Labute approximate surface area is 160 Å². The third-order valence-corrected chi connectivity index (χ3v) is 4.89. The highest BCUT2D eigenvalue weighted by Gasteiger charge is 2.21. The minimum atomic E-state index is -0.151. The van der Waals surface area contributed by atoms with E-state index in [0.717, 1.165) is 28.6 Å². The van der Waals surface area contributed by atoms with E-state index in [1.54, 1.807) is 0 Å². The van der Waals surface area contributed by atoms with Gasteiger partial charge in [0.1, 0.15) is 5.75 Å². The molecule has 1 unspecified atom stereocenters. The van der Waals surface area contributed by atoms with Crippen LogP contribution in [0.1, 0.15) is 13.8 Å². The largest absolute Gasteiger partial charge is 0.481 e. The number of benzene rings is 1. The van der Waals surface area contributed by atoms with Gasteiger partial charge in [0, 0.05) is 26.2 Å². The van der Waals surface area contributed by atoms with Crippen LogP contribution in [-0.4, -0.2) is 56.3 Å². The number of para-hydroxylation sites is 1. The molecule has 1 aliphatic heterocycles. The van der Waals surface area contributed by atoms with Crippen LogP contribution in [0.15, 0.2) is 27.1 Å². The average molecular weight is 464 g/mol. The number of carbonyl (C=O) groups excluding carboxylic acids is 1. The highest BCUT2D eigenvalue weighted by atomic mass is 79.9. The molecule has 0 aliphatic carbocycles. The Hall–Kier alpha value is -0.630. The molecule has 1 fully saturated rings. The zero-order valence-electron chi connectivity index (χ0n) is 14.1. The molecule has 1 aromatic carbocycles. The van der Waals surface area contributed by atoms with Crippen molar-refractivity contribution in [3.8, 4) is 5.75 Å². The molecule has 1 amide bonds. The minimum absolute atomic E-state index is 0.0242. The molecule has 1 aromatic rings. The van der Waals surface area contributed by atoms with Crippen LogP contribution < -0.4 is 10.1 Å². The van der Waals surface area contributed by atoms with Crippen molar-refractivity contribution in [3.63, 3.8) is 0 Å². The van der Waals surface area contributed by atoms with Gasteiger partial charge in [-0.2, -0.15) is 0 Å². The summed E-state index contributed by atoms with van der Waals surface area (Å²) in [5, 5.41) is 2.89. The first-order chi connectivity index (χ1) is 11.5. The summed E-state index contributed by atoms with van der Waals surface area (Å²) in [6.07, 6.45) is 0.0386. The first-order valence-corrected chi connectivity index (χ1v) is 9.71. The molecule has 5 nitrogen and oxygen atoms in total. The van der Waals surface area contributed by atoms with Gasteiger partial charge in [0.05, 0.1) is 21.7 Å². The van der Waals surface area contributed by atoms with E-state index in [2.05, 4.69) is 55.9 Å².